The molecule has 3 heteroatoms. The van der Waals surface area contributed by atoms with Crippen LogP contribution in [0.25, 0.3) is 0 Å². The number of rotatable bonds is 7. The number of hydrogen-bond acceptors (Lipinski definition) is 2. The van der Waals surface area contributed by atoms with Gasteiger partial charge in [-0.05, 0) is 49.4 Å². The van der Waals surface area contributed by atoms with Crippen LogP contribution >= 0.6 is 0 Å². The standard InChI is InChI=1S/C16H24O3/c1-5-6-7-14(16(17)18)10-13-8-9-15(19-4)12(3)11(13)2/h8-9,14H,5-7,10H2,1-4H3,(H,17,18)/t14-/m1/s1. The van der Waals surface area contributed by atoms with E-state index in [4.69, 9.17) is 4.74 Å². The lowest BCUT2D eigenvalue weighted by atomic mass is 9.90. The van der Waals surface area contributed by atoms with E-state index in [9.17, 15) is 9.90 Å². The quantitative estimate of drug-likeness (QED) is 0.816. The second-order valence-corrected chi connectivity index (χ2v) is 5.06. The third kappa shape index (κ3) is 3.98. The van der Waals surface area contributed by atoms with Crippen LogP contribution in [-0.4, -0.2) is 18.2 Å². The molecule has 1 atom stereocenters. The minimum atomic E-state index is -0.693. The molecule has 19 heavy (non-hydrogen) atoms. The average Bonchev–Trinajstić information content (AvgIpc) is 2.39. The fourth-order valence-electron chi connectivity index (χ4n) is 2.32. The Morgan fingerprint density at radius 3 is 2.53 bits per heavy atom. The van der Waals surface area contributed by atoms with Gasteiger partial charge >= 0.3 is 5.97 Å². The zero-order chi connectivity index (χ0) is 14.4. The lowest BCUT2D eigenvalue weighted by molar-refractivity contribution is -0.142. The van der Waals surface area contributed by atoms with Gasteiger partial charge in [-0.1, -0.05) is 25.8 Å². The molecule has 0 saturated carbocycles. The summed E-state index contributed by atoms with van der Waals surface area (Å²) in [5, 5.41) is 9.30. The number of ether oxygens (including phenoxy) is 1. The van der Waals surface area contributed by atoms with E-state index in [0.717, 1.165) is 41.7 Å². The lowest BCUT2D eigenvalue weighted by Gasteiger charge is -2.16. The predicted molar refractivity (Wildman–Crippen MR) is 76.8 cm³/mol. The normalized spacial score (nSPS) is 12.2. The van der Waals surface area contributed by atoms with Gasteiger partial charge in [0.1, 0.15) is 5.75 Å². The first-order chi connectivity index (χ1) is 9.01. The van der Waals surface area contributed by atoms with Crippen molar-refractivity contribution in [2.45, 2.75) is 46.5 Å². The van der Waals surface area contributed by atoms with Crippen LogP contribution in [0, 0.1) is 19.8 Å². The van der Waals surface area contributed by atoms with Crippen molar-refractivity contribution in [2.75, 3.05) is 7.11 Å². The molecule has 1 aromatic rings. The maximum absolute atomic E-state index is 11.3. The van der Waals surface area contributed by atoms with Gasteiger partial charge in [-0.3, -0.25) is 4.79 Å². The van der Waals surface area contributed by atoms with Gasteiger partial charge in [0.2, 0.25) is 0 Å². The number of unbranched alkanes of at least 4 members (excludes halogenated alkanes) is 1. The molecule has 1 rings (SSSR count). The molecule has 3 nitrogen and oxygen atoms in total. The molecule has 106 valence electrons. The number of carboxylic acid groups (broad SMARTS) is 1. The van der Waals surface area contributed by atoms with Crippen LogP contribution in [-0.2, 0) is 11.2 Å². The molecule has 0 spiro atoms. The van der Waals surface area contributed by atoms with Gasteiger partial charge in [-0.25, -0.2) is 0 Å². The highest BCUT2D eigenvalue weighted by molar-refractivity contribution is 5.70. The fourth-order valence-corrected chi connectivity index (χ4v) is 2.32. The van der Waals surface area contributed by atoms with E-state index in [2.05, 4.69) is 6.92 Å². The molecular formula is C16H24O3. The first-order valence-electron chi connectivity index (χ1n) is 6.87. The second-order valence-electron chi connectivity index (χ2n) is 5.06. The number of aliphatic carboxylic acids is 1. The molecule has 0 aliphatic rings. The topological polar surface area (TPSA) is 46.5 Å². The fraction of sp³-hybridized carbons (Fsp3) is 0.562. The monoisotopic (exact) mass is 264 g/mol. The molecule has 0 radical (unpaired) electrons. The highest BCUT2D eigenvalue weighted by Crippen LogP contribution is 2.26. The number of carbonyl (C=O) groups is 1. The van der Waals surface area contributed by atoms with Gasteiger partial charge in [0.25, 0.3) is 0 Å². The smallest absolute Gasteiger partial charge is 0.306 e. The number of hydrogen-bond donors (Lipinski definition) is 1. The molecule has 0 bridgehead atoms. The summed E-state index contributed by atoms with van der Waals surface area (Å²) in [6.07, 6.45) is 3.35. The molecule has 0 amide bonds. The van der Waals surface area contributed by atoms with Crippen molar-refractivity contribution in [3.05, 3.63) is 28.8 Å². The highest BCUT2D eigenvalue weighted by atomic mass is 16.5. The largest absolute Gasteiger partial charge is 0.496 e. The van der Waals surface area contributed by atoms with Crippen molar-refractivity contribution >= 4 is 5.97 Å². The Hall–Kier alpha value is -1.51. The number of benzene rings is 1. The van der Waals surface area contributed by atoms with Crippen molar-refractivity contribution in [1.82, 2.24) is 0 Å². The van der Waals surface area contributed by atoms with E-state index in [-0.39, 0.29) is 5.92 Å². The van der Waals surface area contributed by atoms with Crippen LogP contribution in [0.3, 0.4) is 0 Å². The number of methoxy groups -OCH3 is 1. The average molecular weight is 264 g/mol. The zero-order valence-corrected chi connectivity index (χ0v) is 12.3. The zero-order valence-electron chi connectivity index (χ0n) is 12.3. The molecule has 0 unspecified atom stereocenters. The van der Waals surface area contributed by atoms with Gasteiger partial charge < -0.3 is 9.84 Å². The van der Waals surface area contributed by atoms with Gasteiger partial charge in [-0.2, -0.15) is 0 Å². The van der Waals surface area contributed by atoms with Crippen molar-refractivity contribution in [3.8, 4) is 5.75 Å². The van der Waals surface area contributed by atoms with Crippen molar-refractivity contribution in [2.24, 2.45) is 5.92 Å². The third-order valence-electron chi connectivity index (χ3n) is 3.79. The van der Waals surface area contributed by atoms with E-state index in [1.54, 1.807) is 7.11 Å². The summed E-state index contributed by atoms with van der Waals surface area (Å²) < 4.78 is 5.28. The van der Waals surface area contributed by atoms with Gasteiger partial charge in [0.05, 0.1) is 13.0 Å². The minimum Gasteiger partial charge on any atom is -0.496 e. The summed E-state index contributed by atoms with van der Waals surface area (Å²) in [6, 6.07) is 3.92. The van der Waals surface area contributed by atoms with Crippen LogP contribution in [0.5, 0.6) is 5.75 Å². The van der Waals surface area contributed by atoms with E-state index in [0.29, 0.717) is 6.42 Å². The Morgan fingerprint density at radius 2 is 2.00 bits per heavy atom. The van der Waals surface area contributed by atoms with Crippen LogP contribution in [0.2, 0.25) is 0 Å². The van der Waals surface area contributed by atoms with E-state index in [1.807, 2.05) is 26.0 Å². The molecular weight excluding hydrogens is 240 g/mol. The molecule has 1 N–H and O–H groups in total. The molecule has 0 aliphatic carbocycles. The van der Waals surface area contributed by atoms with Crippen LogP contribution in [0.1, 0.15) is 42.9 Å². The second kappa shape index (κ2) is 7.17. The van der Waals surface area contributed by atoms with Crippen LogP contribution < -0.4 is 4.74 Å². The minimum absolute atomic E-state index is 0.286. The third-order valence-corrected chi connectivity index (χ3v) is 3.79. The van der Waals surface area contributed by atoms with Crippen LogP contribution in [0.15, 0.2) is 12.1 Å². The summed E-state index contributed by atoms with van der Waals surface area (Å²) in [5.74, 6) is -0.116. The summed E-state index contributed by atoms with van der Waals surface area (Å²) in [4.78, 5) is 11.3. The van der Waals surface area contributed by atoms with Crippen molar-refractivity contribution < 1.29 is 14.6 Å². The summed E-state index contributed by atoms with van der Waals surface area (Å²) >= 11 is 0. The first-order valence-corrected chi connectivity index (χ1v) is 6.87. The predicted octanol–water partition coefficient (Wildman–Crippen LogP) is 3.75. The highest BCUT2D eigenvalue weighted by Gasteiger charge is 2.19. The van der Waals surface area contributed by atoms with Gasteiger partial charge in [-0.15, -0.1) is 0 Å². The summed E-state index contributed by atoms with van der Waals surface area (Å²) in [5.41, 5.74) is 3.35. The summed E-state index contributed by atoms with van der Waals surface area (Å²) in [7, 11) is 1.66. The SMILES string of the molecule is CCCC[C@H](Cc1ccc(OC)c(C)c1C)C(=O)O. The summed E-state index contributed by atoms with van der Waals surface area (Å²) in [6.45, 7) is 6.13. The number of carboxylic acids is 1. The first kappa shape index (κ1) is 15.5. The van der Waals surface area contributed by atoms with Gasteiger partial charge in [0.15, 0.2) is 0 Å². The van der Waals surface area contributed by atoms with Crippen LogP contribution in [0.4, 0.5) is 0 Å². The van der Waals surface area contributed by atoms with E-state index in [1.165, 1.54) is 0 Å². The Kier molecular flexibility index (Phi) is 5.87. The Labute approximate surface area is 115 Å². The molecule has 0 aromatic heterocycles. The Balaban J connectivity index is 2.90. The van der Waals surface area contributed by atoms with E-state index >= 15 is 0 Å². The maximum Gasteiger partial charge on any atom is 0.306 e. The molecule has 1 aromatic carbocycles. The molecule has 0 fully saturated rings. The Morgan fingerprint density at radius 1 is 1.32 bits per heavy atom. The van der Waals surface area contributed by atoms with E-state index < -0.39 is 5.97 Å². The molecule has 0 heterocycles. The maximum atomic E-state index is 11.3. The molecule has 0 saturated heterocycles. The molecule has 0 aliphatic heterocycles. The van der Waals surface area contributed by atoms with Crippen molar-refractivity contribution in [1.29, 1.82) is 0 Å². The van der Waals surface area contributed by atoms with Gasteiger partial charge in [0, 0.05) is 0 Å². The lowest BCUT2D eigenvalue weighted by Crippen LogP contribution is -2.17. The Bertz CT molecular complexity index is 438. The van der Waals surface area contributed by atoms with Crippen molar-refractivity contribution in [3.63, 3.8) is 0 Å².